The lowest BCUT2D eigenvalue weighted by molar-refractivity contribution is -0.145. The van der Waals surface area contributed by atoms with E-state index in [1.807, 2.05) is 0 Å². The second-order valence-electron chi connectivity index (χ2n) is 24.1. The van der Waals surface area contributed by atoms with Gasteiger partial charge in [-0.3, -0.25) is 43.2 Å². The van der Waals surface area contributed by atoms with Crippen molar-refractivity contribution in [2.24, 2.45) is 11.7 Å². The summed E-state index contributed by atoms with van der Waals surface area (Å²) in [4.78, 5) is 155. The van der Waals surface area contributed by atoms with Crippen LogP contribution in [0.4, 0.5) is 0 Å². The number of carboxylic acids is 1. The Morgan fingerprint density at radius 2 is 1.40 bits per heavy atom. The predicted octanol–water partition coefficient (Wildman–Crippen LogP) is 3.03. The highest BCUT2D eigenvalue weighted by Crippen LogP contribution is 2.57. The Bertz CT molecular complexity index is 3530. The van der Waals surface area contributed by atoms with Gasteiger partial charge in [-0.2, -0.15) is 0 Å². The van der Waals surface area contributed by atoms with Gasteiger partial charge in [0, 0.05) is 64.4 Å². The number of benzene rings is 4. The number of nitrogens with two attached hydrogens (primary N) is 1. The fourth-order valence-corrected chi connectivity index (χ4v) is 15.7. The molecule has 4 aromatic carbocycles. The third kappa shape index (κ3) is 15.4. The van der Waals surface area contributed by atoms with Gasteiger partial charge in [0.15, 0.2) is 5.60 Å². The fourth-order valence-electron chi connectivity index (χ4n) is 12.4. The van der Waals surface area contributed by atoms with Crippen LogP contribution in [-0.4, -0.2) is 161 Å². The summed E-state index contributed by atoms with van der Waals surface area (Å²) in [6.07, 6.45) is 1.22. The Kier molecular flexibility index (Phi) is 21.5. The van der Waals surface area contributed by atoms with Crippen LogP contribution < -0.4 is 47.7 Å². The number of amides is 9. The number of carbonyl (C=O) groups is 11. The first-order valence-electron chi connectivity index (χ1n) is 30.7. The predicted molar refractivity (Wildman–Crippen MR) is 336 cm³/mol. The van der Waals surface area contributed by atoms with E-state index >= 15 is 4.79 Å². The standard InChI is InChI=1S/C64H75N9O18S2/c1-4-32(2)51-57(83)72-52(33(3)74)58(84)68-44(29-49(65)78)55(81)69-45(31-92-93-63(22-6-5-7-23-63)30-50(79)70-53(59(85)71-51)34-12-15-36(75)16-13-34)60(86)73-25-9-11-46(73)56(82)67-43(61(87)88)10-8-24-66-54(80)35-14-19-39-42(26-35)64(91-62(39)89)40-20-17-37(76)27-47(40)90-48-28-38(77)18-21-41(48)64/h12-21,26-28,32-33,43-46,51-53,74-77H,4-11,22-25,29-31H2,1-3H3,(H2,65,78)(H,66,80)(H,67,82)(H,68,84)(H,69,81)(H,70,79)(H,71,85)(H,72,83)(H,87,88)/t32?,33?,43-,44+,45+,46+,51+,52+,53-/m0/s1. The number of hydrogen-bond donors (Lipinski definition) is 13. The summed E-state index contributed by atoms with van der Waals surface area (Å²) in [5.74, 6) is -10.9. The number of aliphatic carboxylic acids is 1. The number of aliphatic hydroxyl groups excluding tert-OH is 1. The number of phenols is 3. The molecule has 1 saturated carbocycles. The van der Waals surface area contributed by atoms with Crippen molar-refractivity contribution in [1.82, 2.24) is 42.1 Å². The molecule has 14 N–H and O–H groups in total. The summed E-state index contributed by atoms with van der Waals surface area (Å²) >= 11 is 0. The van der Waals surface area contributed by atoms with Crippen molar-refractivity contribution in [2.75, 3.05) is 18.8 Å². The first-order chi connectivity index (χ1) is 44.3. The molecule has 9 atom stereocenters. The van der Waals surface area contributed by atoms with Crippen LogP contribution in [0.15, 0.2) is 78.9 Å². The van der Waals surface area contributed by atoms with Crippen LogP contribution in [0.25, 0.3) is 0 Å². The lowest BCUT2D eigenvalue weighted by Gasteiger charge is -2.37. The van der Waals surface area contributed by atoms with Gasteiger partial charge >= 0.3 is 11.9 Å². The third-order valence-electron chi connectivity index (χ3n) is 17.5. The number of carboxylic acid groups (broad SMARTS) is 1. The maximum Gasteiger partial charge on any atom is 0.340 e. The molecule has 0 aromatic heterocycles. The molecule has 4 heterocycles. The van der Waals surface area contributed by atoms with Crippen molar-refractivity contribution in [3.63, 3.8) is 0 Å². The molecule has 0 bridgehead atoms. The van der Waals surface area contributed by atoms with Crippen LogP contribution in [0.1, 0.15) is 147 Å². The lowest BCUT2D eigenvalue weighted by Crippen LogP contribution is -2.62. The Morgan fingerprint density at radius 1 is 0.753 bits per heavy atom. The molecule has 4 aliphatic heterocycles. The normalized spacial score (nSPS) is 23.3. The number of aliphatic hydroxyl groups is 1. The Hall–Kier alpha value is -9.09. The number of aromatic hydroxyl groups is 3. The molecule has 9 rings (SSSR count). The molecular weight excluding hydrogens is 1250 g/mol. The minimum absolute atomic E-state index is 0.0181. The van der Waals surface area contributed by atoms with E-state index in [1.54, 1.807) is 13.8 Å². The molecule has 1 aliphatic carbocycles. The summed E-state index contributed by atoms with van der Waals surface area (Å²) in [5.41, 5.74) is 5.40. The Labute approximate surface area is 542 Å². The number of nitrogens with one attached hydrogen (secondary N) is 7. The number of hydrogen-bond acceptors (Lipinski definition) is 19. The van der Waals surface area contributed by atoms with Crippen LogP contribution in [0.2, 0.25) is 0 Å². The zero-order chi connectivity index (χ0) is 67.1. The van der Waals surface area contributed by atoms with Crippen LogP contribution in [0, 0.1) is 5.92 Å². The number of primary amides is 1. The number of esters is 1. The minimum atomic E-state index is -1.81. The highest BCUT2D eigenvalue weighted by atomic mass is 33.1. The van der Waals surface area contributed by atoms with E-state index in [4.69, 9.17) is 15.2 Å². The summed E-state index contributed by atoms with van der Waals surface area (Å²) in [6, 6.07) is 7.66. The van der Waals surface area contributed by atoms with E-state index in [0.29, 0.717) is 43.2 Å². The Balaban J connectivity index is 0.917. The first-order valence-corrected chi connectivity index (χ1v) is 33.0. The fraction of sp³-hybridized carbons (Fsp3) is 0.453. The number of phenolic OH excluding ortho intramolecular Hbond substituents is 3. The molecule has 29 heteroatoms. The number of nitrogens with zero attached hydrogens (tertiary/aromatic N) is 1. The number of carbonyl (C=O) groups excluding carboxylic acids is 10. The summed E-state index contributed by atoms with van der Waals surface area (Å²) in [5, 5.41) is 70.5. The molecule has 9 amide bonds. The third-order valence-corrected chi connectivity index (χ3v) is 20.8. The molecule has 496 valence electrons. The Morgan fingerprint density at radius 3 is 2.03 bits per heavy atom. The van der Waals surface area contributed by atoms with Gasteiger partial charge in [0.25, 0.3) is 5.91 Å². The molecule has 2 unspecified atom stereocenters. The van der Waals surface area contributed by atoms with Crippen molar-refractivity contribution in [2.45, 2.75) is 157 Å². The second-order valence-corrected chi connectivity index (χ2v) is 26.9. The largest absolute Gasteiger partial charge is 0.508 e. The highest BCUT2D eigenvalue weighted by molar-refractivity contribution is 8.77. The maximum atomic E-state index is 15.0. The van der Waals surface area contributed by atoms with Crippen molar-refractivity contribution in [1.29, 1.82) is 0 Å². The number of fused-ring (bicyclic) bond motifs is 6. The molecule has 3 fully saturated rings. The quantitative estimate of drug-likeness (QED) is 0.0462. The SMILES string of the molecule is CCC(C)[C@H]1NC(=O)[C@H](c2ccc(O)cc2)NC(=O)CC2(CCCCC2)SSC[C@H](C(=O)N2CCC[C@@H]2C(=O)N[C@@H](CCCNC(=O)c2ccc3c(c2)C2(OC3=O)c3ccc(O)cc3Oc3cc(O)ccc32)C(=O)O)NC(=O)[C@@H](CC(N)=O)NC(=O)[C@@H](C(C)O)NC1=O. The zero-order valence-electron chi connectivity index (χ0n) is 51.2. The maximum absolute atomic E-state index is 15.0. The average molecular weight is 1320 g/mol. The number of likely N-dealkylation sites (tertiary alicyclic amines) is 1. The van der Waals surface area contributed by atoms with Gasteiger partial charge in [0.1, 0.15) is 71.0 Å². The van der Waals surface area contributed by atoms with Crippen molar-refractivity contribution < 1.29 is 87.7 Å². The zero-order valence-corrected chi connectivity index (χ0v) is 52.8. The molecule has 93 heavy (non-hydrogen) atoms. The molecular formula is C64H75N9O18S2. The van der Waals surface area contributed by atoms with Gasteiger partial charge < -0.3 is 82.9 Å². The number of rotatable bonds is 15. The van der Waals surface area contributed by atoms with Crippen LogP contribution in [0.5, 0.6) is 28.7 Å². The lowest BCUT2D eigenvalue weighted by atomic mass is 9.77. The topological polar surface area (TPSA) is 421 Å². The van der Waals surface area contributed by atoms with Crippen molar-refractivity contribution in [3.8, 4) is 28.7 Å². The van der Waals surface area contributed by atoms with Crippen molar-refractivity contribution >= 4 is 86.7 Å². The van der Waals surface area contributed by atoms with Gasteiger partial charge in [-0.25, -0.2) is 9.59 Å². The van der Waals surface area contributed by atoms with E-state index in [-0.39, 0.29) is 102 Å². The van der Waals surface area contributed by atoms with E-state index in [2.05, 4.69) is 37.2 Å². The van der Waals surface area contributed by atoms with Gasteiger partial charge in [-0.15, -0.1) is 0 Å². The smallest absolute Gasteiger partial charge is 0.340 e. The van der Waals surface area contributed by atoms with Gasteiger partial charge in [-0.1, -0.05) is 73.3 Å². The number of ether oxygens (including phenoxy) is 2. The summed E-state index contributed by atoms with van der Waals surface area (Å²) in [7, 11) is 2.43. The van der Waals surface area contributed by atoms with Crippen LogP contribution in [-0.2, 0) is 53.5 Å². The minimum Gasteiger partial charge on any atom is -0.508 e. The van der Waals surface area contributed by atoms with Crippen LogP contribution in [0.3, 0.4) is 0 Å². The monoisotopic (exact) mass is 1320 g/mol. The molecule has 4 aromatic rings. The van der Waals surface area contributed by atoms with E-state index < -0.39 is 136 Å². The molecule has 0 radical (unpaired) electrons. The average Bonchev–Trinajstić information content (AvgIpc) is 1.64. The van der Waals surface area contributed by atoms with E-state index in [1.165, 1.54) is 101 Å². The second kappa shape index (κ2) is 29.2. The van der Waals surface area contributed by atoms with E-state index in [9.17, 15) is 73.5 Å². The van der Waals surface area contributed by atoms with Gasteiger partial charge in [0.05, 0.1) is 18.1 Å². The molecule has 27 nitrogen and oxygen atoms in total. The van der Waals surface area contributed by atoms with Crippen molar-refractivity contribution in [3.05, 3.63) is 112 Å². The van der Waals surface area contributed by atoms with Gasteiger partial charge in [0.2, 0.25) is 47.3 Å². The molecule has 2 spiro atoms. The summed E-state index contributed by atoms with van der Waals surface area (Å²) in [6.45, 7) is 4.47. The van der Waals surface area contributed by atoms with E-state index in [0.717, 1.165) is 17.2 Å². The molecule has 2 saturated heterocycles. The van der Waals surface area contributed by atoms with Crippen LogP contribution >= 0.6 is 21.6 Å². The highest BCUT2D eigenvalue weighted by Gasteiger charge is 2.54. The summed E-state index contributed by atoms with van der Waals surface area (Å²) < 4.78 is 11.3. The molecule has 5 aliphatic rings. The van der Waals surface area contributed by atoms with Gasteiger partial charge in [-0.05, 0) is 112 Å². The first kappa shape index (κ1) is 68.3.